The molecular formula is C22H27N7O3. The van der Waals surface area contributed by atoms with E-state index in [0.29, 0.717) is 37.5 Å². The lowest BCUT2D eigenvalue weighted by molar-refractivity contribution is -0.136. The summed E-state index contributed by atoms with van der Waals surface area (Å²) in [6.07, 6.45) is 2.75. The van der Waals surface area contributed by atoms with Crippen LogP contribution in [-0.4, -0.2) is 56.9 Å². The zero-order valence-corrected chi connectivity index (χ0v) is 17.8. The van der Waals surface area contributed by atoms with Gasteiger partial charge >= 0.3 is 0 Å². The molecule has 1 aromatic heterocycles. The van der Waals surface area contributed by atoms with Crippen molar-refractivity contribution in [3.05, 3.63) is 46.5 Å². The molecule has 5 rings (SSSR count). The van der Waals surface area contributed by atoms with Gasteiger partial charge < -0.3 is 15.5 Å². The molecule has 3 amide bonds. The van der Waals surface area contributed by atoms with E-state index >= 15 is 0 Å². The molecule has 2 aromatic rings. The van der Waals surface area contributed by atoms with Gasteiger partial charge in [0.2, 0.25) is 11.8 Å². The van der Waals surface area contributed by atoms with Crippen molar-refractivity contribution in [1.82, 2.24) is 36.0 Å². The highest BCUT2D eigenvalue weighted by Gasteiger charge is 2.39. The maximum atomic E-state index is 12.9. The molecule has 10 heteroatoms. The molecule has 2 saturated heterocycles. The molecule has 3 aliphatic rings. The second-order valence-electron chi connectivity index (χ2n) is 8.66. The first-order valence-electron chi connectivity index (χ1n) is 11.2. The molecular weight excluding hydrogens is 410 g/mol. The van der Waals surface area contributed by atoms with Gasteiger partial charge in [-0.25, -0.2) is 4.98 Å². The van der Waals surface area contributed by atoms with Crippen molar-refractivity contribution in [2.45, 2.75) is 57.3 Å². The smallest absolute Gasteiger partial charge is 0.255 e. The SMILES string of the molecule is O=C1CCC(N2Cc3ccc(CNCc4nc(C5CCNCC5)n[nH]4)cc3C2=O)C(=O)N1. The highest BCUT2D eigenvalue weighted by Crippen LogP contribution is 2.28. The standard InChI is InChI=1S/C22H27N7O3/c30-19-4-3-17(21(31)26-19)29-12-15-2-1-13(9-16(15)22(29)32)10-24-11-18-25-20(28-27-18)14-5-7-23-8-6-14/h1-2,9,14,17,23-24H,3-8,10-12H2,(H,25,27,28)(H,26,30,31). The van der Waals surface area contributed by atoms with Crippen molar-refractivity contribution in [2.24, 2.45) is 0 Å². The molecule has 2 fully saturated rings. The fourth-order valence-corrected chi connectivity index (χ4v) is 4.69. The number of hydrogen-bond acceptors (Lipinski definition) is 7. The average molecular weight is 438 g/mol. The van der Waals surface area contributed by atoms with Crippen LogP contribution in [0, 0.1) is 0 Å². The first kappa shape index (κ1) is 20.8. The molecule has 0 aliphatic carbocycles. The van der Waals surface area contributed by atoms with E-state index < -0.39 is 6.04 Å². The lowest BCUT2D eigenvalue weighted by atomic mass is 9.98. The summed E-state index contributed by atoms with van der Waals surface area (Å²) in [6, 6.07) is 5.24. The molecule has 3 aliphatic heterocycles. The summed E-state index contributed by atoms with van der Waals surface area (Å²) in [5.41, 5.74) is 2.52. The minimum atomic E-state index is -0.588. The van der Waals surface area contributed by atoms with Gasteiger partial charge in [-0.15, -0.1) is 0 Å². The third kappa shape index (κ3) is 4.15. The number of amides is 3. The van der Waals surface area contributed by atoms with Gasteiger partial charge in [-0.05, 0) is 49.5 Å². The molecule has 1 atom stereocenters. The van der Waals surface area contributed by atoms with Crippen LogP contribution >= 0.6 is 0 Å². The first-order chi connectivity index (χ1) is 15.6. The number of carbonyl (C=O) groups is 3. The lowest BCUT2D eigenvalue weighted by Gasteiger charge is -2.29. The molecule has 4 N–H and O–H groups in total. The van der Waals surface area contributed by atoms with Crippen molar-refractivity contribution in [3.63, 3.8) is 0 Å². The first-order valence-corrected chi connectivity index (χ1v) is 11.2. The number of nitrogens with one attached hydrogen (secondary N) is 4. The molecule has 0 bridgehead atoms. The van der Waals surface area contributed by atoms with E-state index in [1.54, 1.807) is 4.90 Å². The Balaban J connectivity index is 1.18. The molecule has 10 nitrogen and oxygen atoms in total. The van der Waals surface area contributed by atoms with E-state index in [-0.39, 0.29) is 24.1 Å². The number of aromatic amines is 1. The van der Waals surface area contributed by atoms with Crippen LogP contribution in [0.4, 0.5) is 0 Å². The van der Waals surface area contributed by atoms with E-state index in [1.165, 1.54) is 0 Å². The average Bonchev–Trinajstić information content (AvgIpc) is 3.40. The summed E-state index contributed by atoms with van der Waals surface area (Å²) in [6.45, 7) is 3.55. The van der Waals surface area contributed by atoms with Gasteiger partial charge in [0, 0.05) is 31.0 Å². The lowest BCUT2D eigenvalue weighted by Crippen LogP contribution is -2.52. The minimum absolute atomic E-state index is 0.154. The number of imide groups is 1. The van der Waals surface area contributed by atoms with Crippen molar-refractivity contribution >= 4 is 17.7 Å². The van der Waals surface area contributed by atoms with Gasteiger partial charge in [0.25, 0.3) is 5.91 Å². The summed E-state index contributed by atoms with van der Waals surface area (Å²) in [7, 11) is 0. The summed E-state index contributed by atoms with van der Waals surface area (Å²) in [5.74, 6) is 1.29. The quantitative estimate of drug-likeness (QED) is 0.479. The minimum Gasteiger partial charge on any atom is -0.322 e. The Bertz CT molecular complexity index is 1040. The van der Waals surface area contributed by atoms with Crippen LogP contribution in [0.25, 0.3) is 0 Å². The molecule has 1 unspecified atom stereocenters. The fourth-order valence-electron chi connectivity index (χ4n) is 4.69. The zero-order chi connectivity index (χ0) is 22.1. The van der Waals surface area contributed by atoms with Crippen LogP contribution in [-0.2, 0) is 29.2 Å². The molecule has 1 aromatic carbocycles. The Morgan fingerprint density at radius 2 is 1.94 bits per heavy atom. The maximum absolute atomic E-state index is 12.9. The molecule has 0 radical (unpaired) electrons. The van der Waals surface area contributed by atoms with Crippen LogP contribution in [0.3, 0.4) is 0 Å². The monoisotopic (exact) mass is 437 g/mol. The third-order valence-corrected chi connectivity index (χ3v) is 6.47. The summed E-state index contributed by atoms with van der Waals surface area (Å²) in [4.78, 5) is 42.7. The van der Waals surface area contributed by atoms with E-state index in [9.17, 15) is 14.4 Å². The van der Waals surface area contributed by atoms with Crippen molar-refractivity contribution in [2.75, 3.05) is 13.1 Å². The van der Waals surface area contributed by atoms with E-state index in [4.69, 9.17) is 0 Å². The second kappa shape index (κ2) is 8.79. The zero-order valence-electron chi connectivity index (χ0n) is 17.8. The molecule has 32 heavy (non-hydrogen) atoms. The number of nitrogens with zero attached hydrogens (tertiary/aromatic N) is 3. The summed E-state index contributed by atoms with van der Waals surface area (Å²) in [5, 5.41) is 16.4. The second-order valence-corrected chi connectivity index (χ2v) is 8.66. The van der Waals surface area contributed by atoms with Gasteiger partial charge in [0.05, 0.1) is 6.54 Å². The number of carbonyl (C=O) groups excluding carboxylic acids is 3. The van der Waals surface area contributed by atoms with Gasteiger partial charge in [0.1, 0.15) is 11.9 Å². The van der Waals surface area contributed by atoms with E-state index in [2.05, 4.69) is 31.1 Å². The highest BCUT2D eigenvalue weighted by atomic mass is 16.2. The highest BCUT2D eigenvalue weighted by molar-refractivity contribution is 6.05. The maximum Gasteiger partial charge on any atom is 0.255 e. The van der Waals surface area contributed by atoms with Crippen LogP contribution in [0.5, 0.6) is 0 Å². The Kier molecular flexibility index (Phi) is 5.71. The number of fused-ring (bicyclic) bond motifs is 1. The number of rotatable bonds is 6. The molecule has 168 valence electrons. The van der Waals surface area contributed by atoms with Gasteiger partial charge in [-0.1, -0.05) is 12.1 Å². The predicted molar refractivity (Wildman–Crippen MR) is 114 cm³/mol. The summed E-state index contributed by atoms with van der Waals surface area (Å²) < 4.78 is 0. The molecule has 0 saturated carbocycles. The fraction of sp³-hybridized carbons (Fsp3) is 0.500. The molecule has 4 heterocycles. The Morgan fingerprint density at radius 1 is 1.09 bits per heavy atom. The van der Waals surface area contributed by atoms with Crippen molar-refractivity contribution in [1.29, 1.82) is 0 Å². The van der Waals surface area contributed by atoms with Gasteiger partial charge in [0.15, 0.2) is 5.82 Å². The van der Waals surface area contributed by atoms with Crippen molar-refractivity contribution in [3.8, 4) is 0 Å². The molecule has 0 spiro atoms. The number of aromatic nitrogens is 3. The van der Waals surface area contributed by atoms with Gasteiger partial charge in [-0.3, -0.25) is 24.8 Å². The van der Waals surface area contributed by atoms with E-state index in [0.717, 1.165) is 48.7 Å². The topological polar surface area (TPSA) is 132 Å². The Morgan fingerprint density at radius 3 is 2.75 bits per heavy atom. The Labute approximate surface area is 185 Å². The van der Waals surface area contributed by atoms with Crippen LogP contribution in [0.1, 0.15) is 64.7 Å². The normalized spacial score (nSPS) is 21.7. The number of benzene rings is 1. The van der Waals surface area contributed by atoms with Crippen LogP contribution in [0.2, 0.25) is 0 Å². The number of H-pyrrole nitrogens is 1. The largest absolute Gasteiger partial charge is 0.322 e. The predicted octanol–water partition coefficient (Wildman–Crippen LogP) is 0.323. The van der Waals surface area contributed by atoms with Gasteiger partial charge in [-0.2, -0.15) is 5.10 Å². The Hall–Kier alpha value is -3.11. The third-order valence-electron chi connectivity index (χ3n) is 6.47. The number of piperidine rings is 2. The van der Waals surface area contributed by atoms with E-state index in [1.807, 2.05) is 18.2 Å². The summed E-state index contributed by atoms with van der Waals surface area (Å²) >= 11 is 0. The van der Waals surface area contributed by atoms with Crippen LogP contribution < -0.4 is 16.0 Å². The number of hydrogen-bond donors (Lipinski definition) is 4. The van der Waals surface area contributed by atoms with Crippen molar-refractivity contribution < 1.29 is 14.4 Å². The van der Waals surface area contributed by atoms with Crippen LogP contribution in [0.15, 0.2) is 18.2 Å².